The Hall–Kier alpha value is -1.46. The van der Waals surface area contributed by atoms with E-state index in [-0.39, 0.29) is 24.6 Å². The predicted octanol–water partition coefficient (Wildman–Crippen LogP) is 1.82. The molecule has 15 heavy (non-hydrogen) atoms. The van der Waals surface area contributed by atoms with Gasteiger partial charge in [0.25, 0.3) is 0 Å². The summed E-state index contributed by atoms with van der Waals surface area (Å²) in [6.07, 6.45) is -3.50. The maximum atomic E-state index is 12.2. The number of hydrogen-bond acceptors (Lipinski definition) is 2. The Morgan fingerprint density at radius 1 is 1.60 bits per heavy atom. The minimum atomic E-state index is -4.87. The highest BCUT2D eigenvalue weighted by Gasteiger charge is 2.44. The van der Waals surface area contributed by atoms with Gasteiger partial charge in [-0.2, -0.15) is 13.2 Å². The Balaban J connectivity index is 2.94. The number of amides is 1. The standard InChI is InChI=1S/C9H10F3NO2/c1-3-7-6(2)15-5-4-13(7)8(14)9(10,11)12/h3H,2,4-5H2,1H3/b7-3+. The first-order valence-corrected chi connectivity index (χ1v) is 4.25. The lowest BCUT2D eigenvalue weighted by molar-refractivity contribution is -0.184. The van der Waals surface area contributed by atoms with Crippen molar-refractivity contribution >= 4 is 5.91 Å². The second-order valence-electron chi connectivity index (χ2n) is 2.90. The first-order chi connectivity index (χ1) is 6.88. The first-order valence-electron chi connectivity index (χ1n) is 4.25. The van der Waals surface area contributed by atoms with E-state index in [4.69, 9.17) is 4.74 Å². The Kier molecular flexibility index (Phi) is 3.06. The number of ether oxygens (including phenoxy) is 1. The molecular weight excluding hydrogens is 211 g/mol. The Labute approximate surface area is 84.8 Å². The highest BCUT2D eigenvalue weighted by atomic mass is 19.4. The van der Waals surface area contributed by atoms with Crippen LogP contribution in [0.15, 0.2) is 24.1 Å². The van der Waals surface area contributed by atoms with Crippen molar-refractivity contribution in [1.82, 2.24) is 4.90 Å². The maximum absolute atomic E-state index is 12.2. The van der Waals surface area contributed by atoms with E-state index in [1.807, 2.05) is 0 Å². The number of rotatable bonds is 0. The largest absolute Gasteiger partial charge is 0.490 e. The van der Waals surface area contributed by atoms with Gasteiger partial charge < -0.3 is 4.74 Å². The lowest BCUT2D eigenvalue weighted by Crippen LogP contribution is -2.44. The highest BCUT2D eigenvalue weighted by molar-refractivity contribution is 5.84. The van der Waals surface area contributed by atoms with Gasteiger partial charge in [0.05, 0.1) is 12.2 Å². The van der Waals surface area contributed by atoms with E-state index in [0.29, 0.717) is 4.90 Å². The molecule has 0 aliphatic carbocycles. The van der Waals surface area contributed by atoms with Gasteiger partial charge in [-0.1, -0.05) is 12.7 Å². The van der Waals surface area contributed by atoms with Crippen LogP contribution in [-0.2, 0) is 9.53 Å². The summed E-state index contributed by atoms with van der Waals surface area (Å²) >= 11 is 0. The molecular formula is C9H10F3NO2. The number of carbonyl (C=O) groups excluding carboxylic acids is 1. The van der Waals surface area contributed by atoms with Gasteiger partial charge in [0.1, 0.15) is 12.4 Å². The molecule has 1 fully saturated rings. The van der Waals surface area contributed by atoms with Gasteiger partial charge in [-0.15, -0.1) is 0 Å². The van der Waals surface area contributed by atoms with Gasteiger partial charge in [-0.05, 0) is 6.92 Å². The molecule has 84 valence electrons. The molecule has 0 atom stereocenters. The number of halogens is 3. The topological polar surface area (TPSA) is 29.5 Å². The van der Waals surface area contributed by atoms with E-state index in [1.54, 1.807) is 0 Å². The minimum Gasteiger partial charge on any atom is -0.490 e. The van der Waals surface area contributed by atoms with E-state index >= 15 is 0 Å². The molecule has 0 aromatic carbocycles. The molecule has 3 nitrogen and oxygen atoms in total. The van der Waals surface area contributed by atoms with Crippen molar-refractivity contribution in [3.05, 3.63) is 24.1 Å². The van der Waals surface area contributed by atoms with Crippen molar-refractivity contribution < 1.29 is 22.7 Å². The average Bonchev–Trinajstić information content (AvgIpc) is 2.14. The summed E-state index contributed by atoms with van der Waals surface area (Å²) in [7, 11) is 0. The van der Waals surface area contributed by atoms with Gasteiger partial charge >= 0.3 is 12.1 Å². The van der Waals surface area contributed by atoms with Gasteiger partial charge in [0, 0.05) is 0 Å². The molecule has 0 N–H and O–H groups in total. The number of carbonyl (C=O) groups is 1. The second kappa shape index (κ2) is 3.96. The average molecular weight is 221 g/mol. The molecule has 1 aliphatic heterocycles. The molecule has 0 aromatic heterocycles. The minimum absolute atomic E-state index is 0.0258. The van der Waals surface area contributed by atoms with E-state index in [2.05, 4.69) is 6.58 Å². The van der Waals surface area contributed by atoms with Crippen LogP contribution in [0.25, 0.3) is 0 Å². The fourth-order valence-corrected chi connectivity index (χ4v) is 1.29. The quantitative estimate of drug-likeness (QED) is 0.624. The molecule has 0 saturated carbocycles. The molecule has 0 spiro atoms. The lowest BCUT2D eigenvalue weighted by atomic mass is 10.2. The van der Waals surface area contributed by atoms with Crippen LogP contribution >= 0.6 is 0 Å². The molecule has 1 heterocycles. The van der Waals surface area contributed by atoms with Crippen LogP contribution in [0.4, 0.5) is 13.2 Å². The third-order valence-electron chi connectivity index (χ3n) is 1.93. The summed E-state index contributed by atoms with van der Waals surface area (Å²) in [6.45, 7) is 4.86. The van der Waals surface area contributed by atoms with Gasteiger partial charge in [-0.25, -0.2) is 0 Å². The first kappa shape index (κ1) is 11.6. The molecule has 0 aromatic rings. The molecule has 1 saturated heterocycles. The van der Waals surface area contributed by atoms with Crippen molar-refractivity contribution in [2.45, 2.75) is 13.1 Å². The Morgan fingerprint density at radius 3 is 2.67 bits per heavy atom. The summed E-state index contributed by atoms with van der Waals surface area (Å²) in [5, 5.41) is 0. The fourth-order valence-electron chi connectivity index (χ4n) is 1.29. The van der Waals surface area contributed by atoms with Gasteiger partial charge in [0.2, 0.25) is 0 Å². The fraction of sp³-hybridized carbons (Fsp3) is 0.444. The third-order valence-corrected chi connectivity index (χ3v) is 1.93. The van der Waals surface area contributed by atoms with E-state index in [1.165, 1.54) is 13.0 Å². The van der Waals surface area contributed by atoms with E-state index in [0.717, 1.165) is 0 Å². The zero-order chi connectivity index (χ0) is 11.6. The van der Waals surface area contributed by atoms with Crippen LogP contribution in [0.5, 0.6) is 0 Å². The summed E-state index contributed by atoms with van der Waals surface area (Å²) in [6, 6.07) is 0. The van der Waals surface area contributed by atoms with Crippen molar-refractivity contribution in [2.75, 3.05) is 13.2 Å². The summed E-state index contributed by atoms with van der Waals surface area (Å²) in [5.74, 6) is -1.80. The molecule has 1 rings (SSSR count). The summed E-state index contributed by atoms with van der Waals surface area (Å²) < 4.78 is 41.5. The summed E-state index contributed by atoms with van der Waals surface area (Å²) in [4.78, 5) is 11.6. The number of allylic oxidation sites excluding steroid dienone is 1. The SMILES string of the molecule is C=C1OCCN(C(=O)C(F)(F)F)/C1=C/C. The molecule has 1 amide bonds. The van der Waals surface area contributed by atoms with Gasteiger partial charge in [0.15, 0.2) is 0 Å². The van der Waals surface area contributed by atoms with Crippen molar-refractivity contribution in [3.63, 3.8) is 0 Å². The van der Waals surface area contributed by atoms with Crippen molar-refractivity contribution in [2.24, 2.45) is 0 Å². The lowest BCUT2D eigenvalue weighted by Gasteiger charge is -2.31. The maximum Gasteiger partial charge on any atom is 0.471 e. The van der Waals surface area contributed by atoms with Crippen LogP contribution in [0.3, 0.4) is 0 Å². The van der Waals surface area contributed by atoms with Crippen LogP contribution in [-0.4, -0.2) is 30.1 Å². The number of alkyl halides is 3. The molecule has 0 radical (unpaired) electrons. The normalized spacial score (nSPS) is 20.4. The zero-order valence-corrected chi connectivity index (χ0v) is 8.10. The molecule has 0 bridgehead atoms. The molecule has 0 unspecified atom stereocenters. The predicted molar refractivity (Wildman–Crippen MR) is 46.6 cm³/mol. The Morgan fingerprint density at radius 2 is 2.20 bits per heavy atom. The monoisotopic (exact) mass is 221 g/mol. The second-order valence-corrected chi connectivity index (χ2v) is 2.90. The van der Waals surface area contributed by atoms with Crippen LogP contribution in [0, 0.1) is 0 Å². The molecule has 6 heteroatoms. The third kappa shape index (κ3) is 2.31. The van der Waals surface area contributed by atoms with E-state index < -0.39 is 12.1 Å². The summed E-state index contributed by atoms with van der Waals surface area (Å²) in [5.41, 5.74) is 0.0728. The van der Waals surface area contributed by atoms with Crippen molar-refractivity contribution in [3.8, 4) is 0 Å². The number of nitrogens with zero attached hydrogens (tertiary/aromatic N) is 1. The van der Waals surface area contributed by atoms with Gasteiger partial charge in [-0.3, -0.25) is 9.69 Å². The van der Waals surface area contributed by atoms with Crippen LogP contribution < -0.4 is 0 Å². The van der Waals surface area contributed by atoms with Crippen LogP contribution in [0.2, 0.25) is 0 Å². The van der Waals surface area contributed by atoms with Crippen molar-refractivity contribution in [1.29, 1.82) is 0 Å². The zero-order valence-electron chi connectivity index (χ0n) is 8.10. The van der Waals surface area contributed by atoms with Crippen LogP contribution in [0.1, 0.15) is 6.92 Å². The number of morpholine rings is 1. The van der Waals surface area contributed by atoms with E-state index in [9.17, 15) is 18.0 Å². The molecule has 1 aliphatic rings. The smallest absolute Gasteiger partial charge is 0.471 e. The Bertz CT molecular complexity index is 320. The number of hydrogen-bond donors (Lipinski definition) is 0. The highest BCUT2D eigenvalue weighted by Crippen LogP contribution is 2.26.